The Balaban J connectivity index is 1.88. The average molecular weight is 253 g/mol. The Morgan fingerprint density at radius 1 is 1.17 bits per heavy atom. The second kappa shape index (κ2) is 3.54. The van der Waals surface area contributed by atoms with E-state index >= 15 is 0 Å². The first-order valence-corrected chi connectivity index (χ1v) is 6.28. The molecule has 2 fully saturated rings. The maximum absolute atomic E-state index is 13.8. The van der Waals surface area contributed by atoms with Crippen LogP contribution in [0.4, 0.5) is 4.39 Å². The second-order valence-electron chi connectivity index (χ2n) is 6.02. The van der Waals surface area contributed by atoms with Gasteiger partial charge in [-0.15, -0.1) is 5.10 Å². The summed E-state index contributed by atoms with van der Waals surface area (Å²) in [6.45, 7) is 7.71. The highest BCUT2D eigenvalue weighted by atomic mass is 19.1. The lowest BCUT2D eigenvalue weighted by molar-refractivity contribution is 0.00578. The van der Waals surface area contributed by atoms with Crippen LogP contribution >= 0.6 is 0 Å². The topological polar surface area (TPSA) is 49.2 Å². The molecule has 5 nitrogen and oxygen atoms in total. The highest BCUT2D eigenvalue weighted by molar-refractivity contribution is 6.61. The lowest BCUT2D eigenvalue weighted by Crippen LogP contribution is -2.41. The molecule has 1 aliphatic heterocycles. The van der Waals surface area contributed by atoms with E-state index in [9.17, 15) is 4.39 Å². The van der Waals surface area contributed by atoms with Gasteiger partial charge in [-0.05, 0) is 40.5 Å². The molecule has 1 saturated carbocycles. The summed E-state index contributed by atoms with van der Waals surface area (Å²) >= 11 is 0. The summed E-state index contributed by atoms with van der Waals surface area (Å²) in [5.41, 5.74) is -0.832. The number of rotatable bonds is 2. The molecule has 0 N–H and O–H groups in total. The van der Waals surface area contributed by atoms with Gasteiger partial charge < -0.3 is 9.31 Å². The molecule has 7 heteroatoms. The van der Waals surface area contributed by atoms with Gasteiger partial charge in [0.05, 0.1) is 17.2 Å². The minimum absolute atomic E-state index is 0.153. The highest BCUT2D eigenvalue weighted by Crippen LogP contribution is 2.37. The van der Waals surface area contributed by atoms with E-state index in [0.717, 1.165) is 12.8 Å². The number of nitrogens with zero attached hydrogens (tertiary/aromatic N) is 3. The molecule has 1 saturated heterocycles. The fraction of sp³-hybridized carbons (Fsp3) is 0.818. The molecule has 1 aromatic rings. The van der Waals surface area contributed by atoms with E-state index in [1.54, 1.807) is 0 Å². The van der Waals surface area contributed by atoms with Crippen LogP contribution in [0.2, 0.25) is 0 Å². The molecule has 0 atom stereocenters. The first-order valence-electron chi connectivity index (χ1n) is 6.28. The van der Waals surface area contributed by atoms with E-state index in [4.69, 9.17) is 9.31 Å². The van der Waals surface area contributed by atoms with Crippen molar-refractivity contribution in [2.45, 2.75) is 57.8 Å². The number of halogens is 1. The van der Waals surface area contributed by atoms with Crippen molar-refractivity contribution in [3.8, 4) is 0 Å². The van der Waals surface area contributed by atoms with Gasteiger partial charge in [0.2, 0.25) is 0 Å². The van der Waals surface area contributed by atoms with Gasteiger partial charge in [0, 0.05) is 0 Å². The normalized spacial score (nSPS) is 25.7. The van der Waals surface area contributed by atoms with Crippen LogP contribution in [-0.4, -0.2) is 33.3 Å². The van der Waals surface area contributed by atoms with Gasteiger partial charge >= 0.3 is 7.12 Å². The zero-order chi connectivity index (χ0) is 13.1. The quantitative estimate of drug-likeness (QED) is 0.739. The standard InChI is InChI=1S/C11H17BFN3O2/c1-10(2)11(3,4)18-12(17-10)8-9(13)15-16(14-8)7-5-6-7/h7H,5-6H2,1-4H3. The zero-order valence-electron chi connectivity index (χ0n) is 11.1. The Morgan fingerprint density at radius 2 is 1.72 bits per heavy atom. The molecular weight excluding hydrogens is 236 g/mol. The van der Waals surface area contributed by atoms with Crippen LogP contribution in [-0.2, 0) is 9.31 Å². The van der Waals surface area contributed by atoms with Gasteiger partial charge in [0.15, 0.2) is 5.59 Å². The van der Waals surface area contributed by atoms with Crippen LogP contribution in [0.15, 0.2) is 0 Å². The predicted molar refractivity (Wildman–Crippen MR) is 64.0 cm³/mol. The van der Waals surface area contributed by atoms with E-state index in [1.165, 1.54) is 4.80 Å². The van der Waals surface area contributed by atoms with Crippen molar-refractivity contribution in [1.29, 1.82) is 0 Å². The third kappa shape index (κ3) is 1.76. The third-order valence-electron chi connectivity index (χ3n) is 3.96. The van der Waals surface area contributed by atoms with Gasteiger partial charge in [0.25, 0.3) is 5.95 Å². The fourth-order valence-electron chi connectivity index (χ4n) is 1.88. The summed E-state index contributed by atoms with van der Waals surface area (Å²) in [6, 6.07) is 0.246. The minimum Gasteiger partial charge on any atom is -0.398 e. The van der Waals surface area contributed by atoms with Crippen molar-refractivity contribution < 1.29 is 13.7 Å². The summed E-state index contributed by atoms with van der Waals surface area (Å²) in [7, 11) is -0.775. The number of hydrogen-bond donors (Lipinski definition) is 0. The third-order valence-corrected chi connectivity index (χ3v) is 3.96. The van der Waals surface area contributed by atoms with Crippen LogP contribution < -0.4 is 5.59 Å². The Kier molecular flexibility index (Phi) is 2.38. The lowest BCUT2D eigenvalue weighted by atomic mass is 9.85. The van der Waals surface area contributed by atoms with Crippen molar-refractivity contribution in [1.82, 2.24) is 15.0 Å². The molecule has 0 unspecified atom stereocenters. The summed E-state index contributed by atoms with van der Waals surface area (Å²) in [6.07, 6.45) is 2.02. The molecule has 1 aliphatic carbocycles. The Morgan fingerprint density at radius 3 is 2.22 bits per heavy atom. The molecule has 3 rings (SSSR count). The Labute approximate surface area is 106 Å². The first kappa shape index (κ1) is 12.1. The summed E-state index contributed by atoms with van der Waals surface area (Å²) < 4.78 is 25.3. The second-order valence-corrected chi connectivity index (χ2v) is 6.02. The molecule has 0 bridgehead atoms. The predicted octanol–water partition coefficient (Wildman–Crippen LogP) is 1.05. The van der Waals surface area contributed by atoms with E-state index in [1.807, 2.05) is 27.7 Å². The Hall–Kier alpha value is -0.945. The SMILES string of the molecule is CC1(C)OB(c2nn(C3CC3)nc2F)OC1(C)C. The molecule has 98 valence electrons. The first-order chi connectivity index (χ1) is 8.30. The van der Waals surface area contributed by atoms with Gasteiger partial charge in [-0.3, -0.25) is 0 Å². The number of aromatic nitrogens is 3. The summed E-state index contributed by atoms with van der Waals surface area (Å²) in [5.74, 6) is -0.597. The Bertz CT molecular complexity index is 469. The monoisotopic (exact) mass is 253 g/mol. The summed E-state index contributed by atoms with van der Waals surface area (Å²) in [5, 5.41) is 7.96. The van der Waals surface area contributed by atoms with Gasteiger partial charge in [-0.1, -0.05) is 0 Å². The maximum Gasteiger partial charge on any atom is 0.521 e. The number of hydrogen-bond acceptors (Lipinski definition) is 4. The van der Waals surface area contributed by atoms with Crippen LogP contribution in [0.3, 0.4) is 0 Å². The molecule has 2 aliphatic rings. The van der Waals surface area contributed by atoms with E-state index < -0.39 is 24.3 Å². The maximum atomic E-state index is 13.8. The molecular formula is C11H17BFN3O2. The molecule has 0 spiro atoms. The van der Waals surface area contributed by atoms with E-state index in [2.05, 4.69) is 10.2 Å². The van der Waals surface area contributed by atoms with Crippen molar-refractivity contribution in [2.75, 3.05) is 0 Å². The van der Waals surface area contributed by atoms with Crippen molar-refractivity contribution in [2.24, 2.45) is 0 Å². The smallest absolute Gasteiger partial charge is 0.398 e. The van der Waals surface area contributed by atoms with Gasteiger partial charge in [-0.2, -0.15) is 14.3 Å². The van der Waals surface area contributed by atoms with Crippen molar-refractivity contribution >= 4 is 12.7 Å². The van der Waals surface area contributed by atoms with Gasteiger partial charge in [0.1, 0.15) is 0 Å². The zero-order valence-corrected chi connectivity index (χ0v) is 11.1. The molecule has 18 heavy (non-hydrogen) atoms. The average Bonchev–Trinajstić information content (AvgIpc) is 2.96. The van der Waals surface area contributed by atoms with Crippen LogP contribution in [0.1, 0.15) is 46.6 Å². The van der Waals surface area contributed by atoms with Crippen LogP contribution in [0.5, 0.6) is 0 Å². The van der Waals surface area contributed by atoms with Crippen molar-refractivity contribution in [3.63, 3.8) is 0 Å². The molecule has 2 heterocycles. The minimum atomic E-state index is -0.775. The summed E-state index contributed by atoms with van der Waals surface area (Å²) in [4.78, 5) is 1.44. The highest BCUT2D eigenvalue weighted by Gasteiger charge is 2.54. The molecule has 0 radical (unpaired) electrons. The fourth-order valence-corrected chi connectivity index (χ4v) is 1.88. The van der Waals surface area contributed by atoms with Crippen LogP contribution in [0.25, 0.3) is 0 Å². The van der Waals surface area contributed by atoms with Gasteiger partial charge in [-0.25, -0.2) is 0 Å². The van der Waals surface area contributed by atoms with E-state index in [-0.39, 0.29) is 11.6 Å². The molecule has 0 aromatic carbocycles. The largest absolute Gasteiger partial charge is 0.521 e. The molecule has 0 amide bonds. The lowest BCUT2D eigenvalue weighted by Gasteiger charge is -2.32. The van der Waals surface area contributed by atoms with E-state index in [0.29, 0.717) is 0 Å². The van der Waals surface area contributed by atoms with Crippen molar-refractivity contribution in [3.05, 3.63) is 5.95 Å². The molecule has 1 aromatic heterocycles. The van der Waals surface area contributed by atoms with Crippen LogP contribution in [0, 0.1) is 5.95 Å².